The highest BCUT2D eigenvalue weighted by atomic mass is 16.4. The molecule has 16 heavy (non-hydrogen) atoms. The van der Waals surface area contributed by atoms with E-state index in [1.807, 2.05) is 0 Å². The average Bonchev–Trinajstić information content (AvgIpc) is 2.88. The van der Waals surface area contributed by atoms with Gasteiger partial charge < -0.3 is 15.5 Å². The van der Waals surface area contributed by atoms with Crippen molar-refractivity contribution in [2.24, 2.45) is 5.73 Å². The molecule has 2 fully saturated rings. The van der Waals surface area contributed by atoms with Crippen molar-refractivity contribution in [2.75, 3.05) is 18.4 Å². The third kappa shape index (κ3) is 2.03. The van der Waals surface area contributed by atoms with Crippen molar-refractivity contribution in [1.29, 1.82) is 0 Å². The molecule has 6 nitrogen and oxygen atoms in total. The molecule has 0 spiro atoms. The standard InChI is InChI=1S/C10H17N5O/c11-5-9-13-14-10(16-9)12-7-3-4-15(6-7)8-1-2-8/h7-8H,1-6,11H2,(H,12,14). The molecule has 2 heterocycles. The van der Waals surface area contributed by atoms with E-state index in [-0.39, 0.29) is 0 Å². The molecule has 2 aliphatic rings. The highest BCUT2D eigenvalue weighted by molar-refractivity contribution is 5.20. The number of nitrogens with two attached hydrogens (primary N) is 1. The van der Waals surface area contributed by atoms with Gasteiger partial charge in [-0.15, -0.1) is 5.10 Å². The van der Waals surface area contributed by atoms with Crippen LogP contribution in [0.3, 0.4) is 0 Å². The van der Waals surface area contributed by atoms with Crippen LogP contribution in [-0.4, -0.2) is 40.3 Å². The molecule has 1 saturated carbocycles. The SMILES string of the molecule is NCc1nnc(NC2CCN(C3CC3)C2)o1. The molecular weight excluding hydrogens is 206 g/mol. The Morgan fingerprint density at radius 1 is 1.38 bits per heavy atom. The number of likely N-dealkylation sites (tertiary alicyclic amines) is 1. The molecule has 1 aromatic heterocycles. The Labute approximate surface area is 94.2 Å². The second-order valence-corrected chi connectivity index (χ2v) is 4.56. The van der Waals surface area contributed by atoms with Crippen molar-refractivity contribution in [3.05, 3.63) is 5.89 Å². The first-order valence-corrected chi connectivity index (χ1v) is 5.88. The van der Waals surface area contributed by atoms with Crippen LogP contribution in [0.4, 0.5) is 6.01 Å². The molecule has 1 aliphatic heterocycles. The molecule has 0 aromatic carbocycles. The molecule has 6 heteroatoms. The molecule has 1 saturated heterocycles. The van der Waals surface area contributed by atoms with Gasteiger partial charge in [0.05, 0.1) is 6.54 Å². The quantitative estimate of drug-likeness (QED) is 0.757. The maximum atomic E-state index is 5.41. The monoisotopic (exact) mass is 223 g/mol. The van der Waals surface area contributed by atoms with Gasteiger partial charge in [0.15, 0.2) is 0 Å². The number of aromatic nitrogens is 2. The van der Waals surface area contributed by atoms with Crippen LogP contribution in [0.15, 0.2) is 4.42 Å². The Kier molecular flexibility index (Phi) is 2.53. The van der Waals surface area contributed by atoms with Gasteiger partial charge in [-0.2, -0.15) is 0 Å². The van der Waals surface area contributed by atoms with Gasteiger partial charge in [0.2, 0.25) is 5.89 Å². The Morgan fingerprint density at radius 2 is 2.25 bits per heavy atom. The summed E-state index contributed by atoms with van der Waals surface area (Å²) < 4.78 is 5.33. The van der Waals surface area contributed by atoms with Crippen LogP contribution in [0.2, 0.25) is 0 Å². The van der Waals surface area contributed by atoms with Crippen molar-refractivity contribution in [1.82, 2.24) is 15.1 Å². The molecule has 0 amide bonds. The summed E-state index contributed by atoms with van der Waals surface area (Å²) in [5, 5.41) is 11.0. The Morgan fingerprint density at radius 3 is 2.94 bits per heavy atom. The highest BCUT2D eigenvalue weighted by Crippen LogP contribution is 2.30. The zero-order chi connectivity index (χ0) is 11.0. The van der Waals surface area contributed by atoms with Crippen LogP contribution in [-0.2, 0) is 6.54 Å². The van der Waals surface area contributed by atoms with Gasteiger partial charge >= 0.3 is 6.01 Å². The van der Waals surface area contributed by atoms with Crippen LogP contribution >= 0.6 is 0 Å². The largest absolute Gasteiger partial charge is 0.407 e. The minimum absolute atomic E-state index is 0.299. The van der Waals surface area contributed by atoms with E-state index in [4.69, 9.17) is 10.2 Å². The predicted octanol–water partition coefficient (Wildman–Crippen LogP) is 0.177. The maximum absolute atomic E-state index is 5.41. The molecule has 0 radical (unpaired) electrons. The Balaban J connectivity index is 1.54. The lowest BCUT2D eigenvalue weighted by Gasteiger charge is -2.14. The molecule has 1 aromatic rings. The third-order valence-corrected chi connectivity index (χ3v) is 3.25. The van der Waals surface area contributed by atoms with Crippen LogP contribution in [0.1, 0.15) is 25.2 Å². The Bertz CT molecular complexity index is 362. The normalized spacial score (nSPS) is 26.2. The van der Waals surface area contributed by atoms with E-state index in [1.165, 1.54) is 19.4 Å². The lowest BCUT2D eigenvalue weighted by atomic mass is 10.3. The summed E-state index contributed by atoms with van der Waals surface area (Å²) in [6, 6.07) is 1.78. The molecule has 1 aliphatic carbocycles. The van der Waals surface area contributed by atoms with Gasteiger partial charge in [-0.3, -0.25) is 4.90 Å². The number of anilines is 1. The maximum Gasteiger partial charge on any atom is 0.315 e. The molecule has 1 atom stereocenters. The van der Waals surface area contributed by atoms with Gasteiger partial charge in [-0.25, -0.2) is 0 Å². The highest BCUT2D eigenvalue weighted by Gasteiger charge is 2.34. The van der Waals surface area contributed by atoms with Crippen molar-refractivity contribution >= 4 is 6.01 Å². The first-order valence-electron chi connectivity index (χ1n) is 5.88. The van der Waals surface area contributed by atoms with Crippen LogP contribution in [0, 0.1) is 0 Å². The van der Waals surface area contributed by atoms with Crippen LogP contribution in [0.5, 0.6) is 0 Å². The van der Waals surface area contributed by atoms with Gasteiger partial charge in [-0.1, -0.05) is 5.10 Å². The fourth-order valence-corrected chi connectivity index (χ4v) is 2.25. The van der Waals surface area contributed by atoms with Gasteiger partial charge in [0.1, 0.15) is 0 Å². The first kappa shape index (κ1) is 10.0. The van der Waals surface area contributed by atoms with E-state index in [1.54, 1.807) is 0 Å². The number of nitrogens with one attached hydrogen (secondary N) is 1. The van der Waals surface area contributed by atoms with E-state index in [9.17, 15) is 0 Å². The molecular formula is C10H17N5O. The summed E-state index contributed by atoms with van der Waals surface area (Å²) in [6.07, 6.45) is 3.88. The number of hydrogen-bond donors (Lipinski definition) is 2. The van der Waals surface area contributed by atoms with E-state index < -0.39 is 0 Å². The van der Waals surface area contributed by atoms with E-state index in [0.29, 0.717) is 24.5 Å². The predicted molar refractivity (Wildman–Crippen MR) is 58.8 cm³/mol. The smallest absolute Gasteiger partial charge is 0.315 e. The zero-order valence-electron chi connectivity index (χ0n) is 9.22. The second-order valence-electron chi connectivity index (χ2n) is 4.56. The number of hydrogen-bond acceptors (Lipinski definition) is 6. The number of rotatable bonds is 4. The average molecular weight is 223 g/mol. The van der Waals surface area contributed by atoms with Crippen LogP contribution in [0.25, 0.3) is 0 Å². The summed E-state index contributed by atoms with van der Waals surface area (Å²) in [5.41, 5.74) is 5.41. The number of nitrogens with zero attached hydrogens (tertiary/aromatic N) is 3. The molecule has 0 bridgehead atoms. The first-order chi connectivity index (χ1) is 7.85. The fourth-order valence-electron chi connectivity index (χ4n) is 2.25. The van der Waals surface area contributed by atoms with Crippen molar-refractivity contribution in [2.45, 2.75) is 37.9 Å². The van der Waals surface area contributed by atoms with E-state index in [0.717, 1.165) is 19.0 Å². The minimum Gasteiger partial charge on any atom is -0.407 e. The third-order valence-electron chi connectivity index (χ3n) is 3.25. The zero-order valence-corrected chi connectivity index (χ0v) is 9.22. The molecule has 1 unspecified atom stereocenters. The Hall–Kier alpha value is -1.14. The second kappa shape index (κ2) is 4.03. The minimum atomic E-state index is 0.299. The molecule has 3 rings (SSSR count). The molecule has 3 N–H and O–H groups in total. The van der Waals surface area contributed by atoms with Crippen molar-refractivity contribution < 1.29 is 4.42 Å². The van der Waals surface area contributed by atoms with E-state index >= 15 is 0 Å². The summed E-state index contributed by atoms with van der Waals surface area (Å²) in [5.74, 6) is 0.486. The topological polar surface area (TPSA) is 80.2 Å². The van der Waals surface area contributed by atoms with Crippen LogP contribution < -0.4 is 11.1 Å². The lowest BCUT2D eigenvalue weighted by molar-refractivity contribution is 0.325. The lowest BCUT2D eigenvalue weighted by Crippen LogP contribution is -2.27. The summed E-state index contributed by atoms with van der Waals surface area (Å²) in [7, 11) is 0. The summed E-state index contributed by atoms with van der Waals surface area (Å²) in [4.78, 5) is 2.54. The van der Waals surface area contributed by atoms with Crippen molar-refractivity contribution in [3.8, 4) is 0 Å². The van der Waals surface area contributed by atoms with Crippen molar-refractivity contribution in [3.63, 3.8) is 0 Å². The fraction of sp³-hybridized carbons (Fsp3) is 0.800. The van der Waals surface area contributed by atoms with E-state index in [2.05, 4.69) is 20.4 Å². The summed E-state index contributed by atoms with van der Waals surface area (Å²) in [6.45, 7) is 2.57. The van der Waals surface area contributed by atoms with Gasteiger partial charge in [0, 0.05) is 25.2 Å². The van der Waals surface area contributed by atoms with Gasteiger partial charge in [0.25, 0.3) is 0 Å². The summed E-state index contributed by atoms with van der Waals surface area (Å²) >= 11 is 0. The van der Waals surface area contributed by atoms with Gasteiger partial charge in [-0.05, 0) is 19.3 Å². The molecule has 88 valence electrons.